The second-order valence-corrected chi connectivity index (χ2v) is 2.05. The van der Waals surface area contributed by atoms with Gasteiger partial charge in [0.2, 0.25) is 5.97 Å². The van der Waals surface area contributed by atoms with Gasteiger partial charge >= 0.3 is 0 Å². The summed E-state index contributed by atoms with van der Waals surface area (Å²) in [6.07, 6.45) is 0. The lowest BCUT2D eigenvalue weighted by atomic mass is 10.2. The van der Waals surface area contributed by atoms with Gasteiger partial charge in [-0.1, -0.05) is 0 Å². The Balaban J connectivity index is 0.00000121. The van der Waals surface area contributed by atoms with E-state index in [9.17, 15) is 8.78 Å². The van der Waals surface area contributed by atoms with Crippen LogP contribution in [0.5, 0.6) is 0 Å². The predicted octanol–water partition coefficient (Wildman–Crippen LogP) is 1.95. The predicted molar refractivity (Wildman–Crippen MR) is 40.9 cm³/mol. The van der Waals surface area contributed by atoms with Gasteiger partial charge in [0.1, 0.15) is 5.82 Å². The molecule has 0 saturated carbocycles. The Hall–Kier alpha value is -1.45. The number of anilines is 1. The van der Waals surface area contributed by atoms with Crippen LogP contribution in [0.4, 0.5) is 14.5 Å². The lowest BCUT2D eigenvalue weighted by Gasteiger charge is -1.99. The van der Waals surface area contributed by atoms with Crippen LogP contribution in [0.3, 0.4) is 0 Å². The molecule has 0 aliphatic carbocycles. The molecule has 0 amide bonds. The summed E-state index contributed by atoms with van der Waals surface area (Å²) in [4.78, 5) is 0. The minimum atomic E-state index is -1.22. The topological polar surface area (TPSA) is 49.9 Å². The molecule has 1 aromatic carbocycles. The SMILES string of the molecule is N=C(F)c1cc(F)ccc1N.[HH]. The van der Waals surface area contributed by atoms with E-state index in [2.05, 4.69) is 0 Å². The third-order valence-electron chi connectivity index (χ3n) is 1.25. The summed E-state index contributed by atoms with van der Waals surface area (Å²) in [7, 11) is 0. The average molecular weight is 158 g/mol. The van der Waals surface area contributed by atoms with E-state index in [1.54, 1.807) is 0 Å². The normalized spacial score (nSPS) is 9.64. The number of nitrogen functional groups attached to an aromatic ring is 1. The Kier molecular flexibility index (Phi) is 1.85. The van der Waals surface area contributed by atoms with Gasteiger partial charge in [-0.15, -0.1) is 0 Å². The van der Waals surface area contributed by atoms with Crippen LogP contribution in [-0.2, 0) is 0 Å². The highest BCUT2D eigenvalue weighted by Crippen LogP contribution is 2.13. The van der Waals surface area contributed by atoms with E-state index in [1.807, 2.05) is 0 Å². The van der Waals surface area contributed by atoms with E-state index in [0.29, 0.717) is 0 Å². The second-order valence-electron chi connectivity index (χ2n) is 2.05. The summed E-state index contributed by atoms with van der Waals surface area (Å²) in [5, 5.41) is 6.56. The van der Waals surface area contributed by atoms with Crippen molar-refractivity contribution in [2.75, 3.05) is 5.73 Å². The molecule has 1 rings (SSSR count). The molecule has 0 fully saturated rings. The van der Waals surface area contributed by atoms with E-state index in [1.165, 1.54) is 6.07 Å². The molecule has 0 saturated heterocycles. The van der Waals surface area contributed by atoms with E-state index < -0.39 is 11.8 Å². The van der Waals surface area contributed by atoms with E-state index in [0.717, 1.165) is 12.1 Å². The van der Waals surface area contributed by atoms with Crippen molar-refractivity contribution >= 4 is 11.7 Å². The maximum atomic E-state index is 12.4. The second kappa shape index (κ2) is 2.65. The Morgan fingerprint density at radius 3 is 2.64 bits per heavy atom. The molecule has 0 radical (unpaired) electrons. The molecular formula is C7H8F2N2. The molecule has 3 N–H and O–H groups in total. The van der Waals surface area contributed by atoms with Crippen molar-refractivity contribution in [2.45, 2.75) is 0 Å². The maximum Gasteiger partial charge on any atom is 0.215 e. The fraction of sp³-hybridized carbons (Fsp3) is 0. The zero-order valence-electron chi connectivity index (χ0n) is 5.57. The molecule has 0 atom stereocenters. The van der Waals surface area contributed by atoms with Crippen molar-refractivity contribution in [2.24, 2.45) is 0 Å². The largest absolute Gasteiger partial charge is 0.398 e. The van der Waals surface area contributed by atoms with Crippen molar-refractivity contribution < 1.29 is 10.2 Å². The lowest BCUT2D eigenvalue weighted by molar-refractivity contribution is 0.627. The smallest absolute Gasteiger partial charge is 0.215 e. The van der Waals surface area contributed by atoms with E-state index >= 15 is 0 Å². The highest BCUT2D eigenvalue weighted by atomic mass is 19.1. The summed E-state index contributed by atoms with van der Waals surface area (Å²) in [5.74, 6) is -1.82. The summed E-state index contributed by atoms with van der Waals surface area (Å²) < 4.78 is 24.6. The van der Waals surface area contributed by atoms with Crippen molar-refractivity contribution in [3.8, 4) is 0 Å². The quantitative estimate of drug-likeness (QED) is 0.476. The third-order valence-corrected chi connectivity index (χ3v) is 1.25. The molecule has 0 aromatic heterocycles. The molecule has 2 nitrogen and oxygen atoms in total. The first kappa shape index (κ1) is 7.65. The summed E-state index contributed by atoms with van der Waals surface area (Å²) >= 11 is 0. The van der Waals surface area contributed by atoms with E-state index in [-0.39, 0.29) is 12.7 Å². The molecule has 60 valence electrons. The fourth-order valence-electron chi connectivity index (χ4n) is 0.719. The molecule has 0 heterocycles. The van der Waals surface area contributed by atoms with Crippen molar-refractivity contribution in [1.82, 2.24) is 0 Å². The van der Waals surface area contributed by atoms with Crippen molar-refractivity contribution in [3.63, 3.8) is 0 Å². The van der Waals surface area contributed by atoms with Gasteiger partial charge in [0.15, 0.2) is 0 Å². The first-order valence-electron chi connectivity index (χ1n) is 2.90. The minimum absolute atomic E-state index is 0. The minimum Gasteiger partial charge on any atom is -0.398 e. The van der Waals surface area contributed by atoms with Crippen LogP contribution < -0.4 is 5.73 Å². The number of halogens is 2. The van der Waals surface area contributed by atoms with Crippen molar-refractivity contribution in [1.29, 1.82) is 5.41 Å². The van der Waals surface area contributed by atoms with Gasteiger partial charge in [0.05, 0.1) is 5.56 Å². The van der Waals surface area contributed by atoms with Crippen LogP contribution in [0.1, 0.15) is 6.99 Å². The van der Waals surface area contributed by atoms with Crippen LogP contribution in [0, 0.1) is 11.2 Å². The monoisotopic (exact) mass is 158 g/mol. The van der Waals surface area contributed by atoms with Crippen molar-refractivity contribution in [3.05, 3.63) is 29.6 Å². The number of hydrogen-bond acceptors (Lipinski definition) is 2. The highest BCUT2D eigenvalue weighted by Gasteiger charge is 2.05. The van der Waals surface area contributed by atoms with E-state index in [4.69, 9.17) is 11.1 Å². The fourth-order valence-corrected chi connectivity index (χ4v) is 0.719. The Labute approximate surface area is 63.6 Å². The average Bonchev–Trinajstić information content (AvgIpc) is 1.94. The zero-order chi connectivity index (χ0) is 8.43. The summed E-state index contributed by atoms with van der Waals surface area (Å²) in [5.41, 5.74) is 5.11. The van der Waals surface area contributed by atoms with Gasteiger partial charge in [0, 0.05) is 7.11 Å². The number of benzene rings is 1. The molecule has 1 aromatic rings. The molecule has 0 bridgehead atoms. The van der Waals surface area contributed by atoms with Gasteiger partial charge in [-0.25, -0.2) is 4.39 Å². The molecule has 0 unspecified atom stereocenters. The Bertz CT molecular complexity index is 301. The van der Waals surface area contributed by atoms with Gasteiger partial charge in [-0.3, -0.25) is 5.41 Å². The zero-order valence-corrected chi connectivity index (χ0v) is 5.57. The summed E-state index contributed by atoms with van der Waals surface area (Å²) in [6.45, 7) is 0. The lowest BCUT2D eigenvalue weighted by Crippen LogP contribution is -1.98. The molecule has 0 spiro atoms. The van der Waals surface area contributed by atoms with Crippen LogP contribution in [0.15, 0.2) is 18.2 Å². The first-order valence-corrected chi connectivity index (χ1v) is 2.90. The van der Waals surface area contributed by atoms with Gasteiger partial charge in [0.25, 0.3) is 0 Å². The number of hydrogen-bond donors (Lipinski definition) is 2. The summed E-state index contributed by atoms with van der Waals surface area (Å²) in [6, 6.07) is 3.22. The van der Waals surface area contributed by atoms with Crippen LogP contribution >= 0.6 is 0 Å². The van der Waals surface area contributed by atoms with Gasteiger partial charge in [-0.05, 0) is 18.2 Å². The number of nitrogens with one attached hydrogen (secondary N) is 1. The molecule has 11 heavy (non-hydrogen) atoms. The van der Waals surface area contributed by atoms with Gasteiger partial charge in [-0.2, -0.15) is 4.39 Å². The molecule has 0 aliphatic rings. The molecule has 4 heteroatoms. The Morgan fingerprint density at radius 1 is 1.55 bits per heavy atom. The van der Waals surface area contributed by atoms with Crippen LogP contribution in [0.2, 0.25) is 0 Å². The molecule has 0 aliphatic heterocycles. The number of nitrogens with two attached hydrogens (primary N) is 1. The molecular weight excluding hydrogens is 150 g/mol. The van der Waals surface area contributed by atoms with Crippen LogP contribution in [-0.4, -0.2) is 5.97 Å². The Morgan fingerprint density at radius 2 is 2.18 bits per heavy atom. The maximum absolute atomic E-state index is 12.4. The highest BCUT2D eigenvalue weighted by molar-refractivity contribution is 5.95. The standard InChI is InChI=1S/C7H6F2N2.H2/c8-4-1-2-6(10)5(3-4)7(9)11;/h1-3,11H,10H2;1H. The first-order chi connectivity index (χ1) is 5.11. The third kappa shape index (κ3) is 1.52. The number of rotatable bonds is 1. The van der Waals surface area contributed by atoms with Gasteiger partial charge < -0.3 is 5.73 Å². The van der Waals surface area contributed by atoms with Crippen LogP contribution in [0.25, 0.3) is 0 Å².